The van der Waals surface area contributed by atoms with E-state index in [9.17, 15) is 4.79 Å². The van der Waals surface area contributed by atoms with Crippen molar-refractivity contribution in [2.24, 2.45) is 5.73 Å². The topological polar surface area (TPSA) is 119 Å². The summed E-state index contributed by atoms with van der Waals surface area (Å²) in [7, 11) is 3.77. The van der Waals surface area contributed by atoms with E-state index in [1.54, 1.807) is 0 Å². The molecule has 134 valence electrons. The Morgan fingerprint density at radius 3 is 2.60 bits per heavy atom. The lowest BCUT2D eigenvalue weighted by molar-refractivity contribution is -0.115. The van der Waals surface area contributed by atoms with E-state index in [1.807, 2.05) is 19.0 Å². The Morgan fingerprint density at radius 1 is 1.20 bits per heavy atom. The van der Waals surface area contributed by atoms with Crippen molar-refractivity contribution in [1.82, 2.24) is 29.7 Å². The predicted molar refractivity (Wildman–Crippen MR) is 95.1 cm³/mol. The summed E-state index contributed by atoms with van der Waals surface area (Å²) in [6.07, 6.45) is 5.03. The van der Waals surface area contributed by atoms with Crippen molar-refractivity contribution in [3.8, 4) is 5.95 Å². The molecule has 1 saturated heterocycles. The molecule has 0 aromatic carbocycles. The van der Waals surface area contributed by atoms with E-state index in [1.165, 1.54) is 29.2 Å². The number of carbonyl (C=O) groups excluding carboxylic acids is 1. The first-order valence-electron chi connectivity index (χ1n) is 8.04. The summed E-state index contributed by atoms with van der Waals surface area (Å²) in [6.45, 7) is 1.88. The SMILES string of the molecule is CN(C)c1nc(N2CCCCC2)nc(-n2cnc(SCC(N)=O)n2)n1. The van der Waals surface area contributed by atoms with Crippen LogP contribution in [-0.4, -0.2) is 68.6 Å². The number of hydrogen-bond donors (Lipinski definition) is 1. The van der Waals surface area contributed by atoms with E-state index >= 15 is 0 Å². The molecule has 0 atom stereocenters. The fourth-order valence-corrected chi connectivity index (χ4v) is 2.97. The molecule has 1 aliphatic rings. The van der Waals surface area contributed by atoms with Gasteiger partial charge in [0.2, 0.25) is 23.0 Å². The largest absolute Gasteiger partial charge is 0.369 e. The molecule has 11 heteroatoms. The average Bonchev–Trinajstić information content (AvgIpc) is 3.09. The molecule has 10 nitrogen and oxygen atoms in total. The number of amides is 1. The molecule has 0 aliphatic carbocycles. The maximum absolute atomic E-state index is 10.9. The minimum absolute atomic E-state index is 0.128. The zero-order chi connectivity index (χ0) is 17.8. The highest BCUT2D eigenvalue weighted by Crippen LogP contribution is 2.19. The summed E-state index contributed by atoms with van der Waals surface area (Å²) in [5, 5.41) is 4.76. The molecule has 0 radical (unpaired) electrons. The number of thioether (sulfide) groups is 1. The van der Waals surface area contributed by atoms with Crippen molar-refractivity contribution in [1.29, 1.82) is 0 Å². The lowest BCUT2D eigenvalue weighted by Gasteiger charge is -2.27. The molecule has 1 amide bonds. The van der Waals surface area contributed by atoms with E-state index < -0.39 is 5.91 Å². The molecule has 2 aromatic rings. The fraction of sp³-hybridized carbons (Fsp3) is 0.571. The second-order valence-corrected chi connectivity index (χ2v) is 6.85. The van der Waals surface area contributed by atoms with Crippen LogP contribution in [0.15, 0.2) is 11.5 Å². The summed E-state index contributed by atoms with van der Waals surface area (Å²) in [5.41, 5.74) is 5.15. The number of hydrogen-bond acceptors (Lipinski definition) is 9. The number of aromatic nitrogens is 6. The summed E-state index contributed by atoms with van der Waals surface area (Å²) < 4.78 is 1.49. The number of rotatable bonds is 6. The third kappa shape index (κ3) is 4.35. The number of anilines is 2. The van der Waals surface area contributed by atoms with Gasteiger partial charge in [-0.2, -0.15) is 19.6 Å². The molecular weight excluding hydrogens is 342 g/mol. The van der Waals surface area contributed by atoms with Gasteiger partial charge in [-0.05, 0) is 19.3 Å². The van der Waals surface area contributed by atoms with Gasteiger partial charge in [-0.3, -0.25) is 4.79 Å². The molecule has 1 fully saturated rings. The van der Waals surface area contributed by atoms with Gasteiger partial charge in [0.05, 0.1) is 5.75 Å². The maximum atomic E-state index is 10.9. The van der Waals surface area contributed by atoms with Crippen LogP contribution in [0.4, 0.5) is 11.9 Å². The fourth-order valence-electron chi connectivity index (χ4n) is 2.43. The van der Waals surface area contributed by atoms with Crippen LogP contribution < -0.4 is 15.5 Å². The van der Waals surface area contributed by atoms with Crippen LogP contribution in [0.5, 0.6) is 0 Å². The minimum Gasteiger partial charge on any atom is -0.369 e. The molecule has 0 spiro atoms. The molecule has 2 aromatic heterocycles. The average molecular weight is 363 g/mol. The summed E-state index contributed by atoms with van der Waals surface area (Å²) in [4.78, 5) is 32.6. The van der Waals surface area contributed by atoms with Gasteiger partial charge in [-0.15, -0.1) is 5.10 Å². The quantitative estimate of drug-likeness (QED) is 0.712. The van der Waals surface area contributed by atoms with Gasteiger partial charge in [-0.1, -0.05) is 11.8 Å². The van der Waals surface area contributed by atoms with Crippen molar-refractivity contribution in [3.63, 3.8) is 0 Å². The molecule has 2 N–H and O–H groups in total. The summed E-state index contributed by atoms with van der Waals surface area (Å²) in [5.74, 6) is 1.33. The molecule has 3 rings (SSSR count). The molecule has 0 unspecified atom stereocenters. The molecular formula is C14H21N9OS. The van der Waals surface area contributed by atoms with Crippen molar-refractivity contribution in [2.75, 3.05) is 42.7 Å². The standard InChI is InChI=1S/C14H21N9OS/c1-21(2)11-17-12(22-6-4-3-5-7-22)19-13(18-11)23-9-16-14(20-23)25-8-10(15)24/h9H,3-8H2,1-2H3,(H2,15,24). The third-order valence-electron chi connectivity index (χ3n) is 3.66. The van der Waals surface area contributed by atoms with Crippen molar-refractivity contribution >= 4 is 29.6 Å². The smallest absolute Gasteiger partial charge is 0.258 e. The Balaban J connectivity index is 1.89. The molecule has 25 heavy (non-hydrogen) atoms. The Morgan fingerprint density at radius 2 is 1.92 bits per heavy atom. The van der Waals surface area contributed by atoms with Gasteiger partial charge in [0.25, 0.3) is 5.95 Å². The highest BCUT2D eigenvalue weighted by molar-refractivity contribution is 7.99. The number of nitrogens with zero attached hydrogens (tertiary/aromatic N) is 8. The lowest BCUT2D eigenvalue weighted by Crippen LogP contribution is -2.32. The Hall–Kier alpha value is -2.43. The molecule has 0 bridgehead atoms. The first kappa shape index (κ1) is 17.4. The van der Waals surface area contributed by atoms with E-state index in [4.69, 9.17) is 5.73 Å². The highest BCUT2D eigenvalue weighted by Gasteiger charge is 2.18. The molecule has 3 heterocycles. The van der Waals surface area contributed by atoms with E-state index in [2.05, 4.69) is 29.9 Å². The summed E-state index contributed by atoms with van der Waals surface area (Å²) in [6, 6.07) is 0. The normalized spacial score (nSPS) is 14.6. The van der Waals surface area contributed by atoms with Crippen molar-refractivity contribution in [2.45, 2.75) is 24.4 Å². The zero-order valence-corrected chi connectivity index (χ0v) is 15.1. The van der Waals surface area contributed by atoms with Gasteiger partial charge >= 0.3 is 0 Å². The van der Waals surface area contributed by atoms with Gasteiger partial charge in [0.1, 0.15) is 6.33 Å². The van der Waals surface area contributed by atoms with Crippen LogP contribution in [0.2, 0.25) is 0 Å². The third-order valence-corrected chi connectivity index (χ3v) is 4.53. The highest BCUT2D eigenvalue weighted by atomic mass is 32.2. The Bertz CT molecular complexity index is 742. The summed E-state index contributed by atoms with van der Waals surface area (Å²) >= 11 is 1.18. The van der Waals surface area contributed by atoms with Gasteiger partial charge < -0.3 is 15.5 Å². The zero-order valence-electron chi connectivity index (χ0n) is 14.3. The van der Waals surface area contributed by atoms with Gasteiger partial charge in [0.15, 0.2) is 0 Å². The monoisotopic (exact) mass is 363 g/mol. The van der Waals surface area contributed by atoms with Crippen LogP contribution in [0.1, 0.15) is 19.3 Å². The first-order valence-corrected chi connectivity index (χ1v) is 9.03. The maximum Gasteiger partial charge on any atom is 0.258 e. The second-order valence-electron chi connectivity index (χ2n) is 5.90. The van der Waals surface area contributed by atoms with E-state index in [-0.39, 0.29) is 5.75 Å². The van der Waals surface area contributed by atoms with E-state index in [0.29, 0.717) is 23.0 Å². The Kier molecular flexibility index (Phi) is 5.31. The van der Waals surface area contributed by atoms with Crippen LogP contribution in [0, 0.1) is 0 Å². The van der Waals surface area contributed by atoms with Crippen LogP contribution in [0.3, 0.4) is 0 Å². The van der Waals surface area contributed by atoms with Gasteiger partial charge in [0, 0.05) is 27.2 Å². The number of piperidine rings is 1. The molecule has 0 saturated carbocycles. The van der Waals surface area contributed by atoms with Crippen LogP contribution >= 0.6 is 11.8 Å². The minimum atomic E-state index is -0.413. The number of primary amides is 1. The van der Waals surface area contributed by atoms with Crippen molar-refractivity contribution in [3.05, 3.63) is 6.33 Å². The van der Waals surface area contributed by atoms with Crippen LogP contribution in [0.25, 0.3) is 5.95 Å². The molecule has 1 aliphatic heterocycles. The second kappa shape index (κ2) is 7.64. The number of nitrogens with two attached hydrogens (primary N) is 1. The van der Waals surface area contributed by atoms with Crippen molar-refractivity contribution < 1.29 is 4.79 Å². The van der Waals surface area contributed by atoms with E-state index in [0.717, 1.165) is 25.9 Å². The predicted octanol–water partition coefficient (Wildman–Crippen LogP) is 0.0860. The van der Waals surface area contributed by atoms with Gasteiger partial charge in [-0.25, -0.2) is 4.98 Å². The lowest BCUT2D eigenvalue weighted by atomic mass is 10.1. The Labute approximate surface area is 149 Å². The first-order chi connectivity index (χ1) is 12.0. The number of carbonyl (C=O) groups is 1. The van der Waals surface area contributed by atoms with Crippen LogP contribution in [-0.2, 0) is 4.79 Å².